The number of rotatable bonds is 4. The molecule has 0 unspecified atom stereocenters. The molecule has 4 aromatic rings. The Hall–Kier alpha value is -2.29. The third kappa shape index (κ3) is 3.47. The number of hydrogen-bond acceptors (Lipinski definition) is 5. The Balaban J connectivity index is 1.64. The van der Waals surface area contributed by atoms with Gasteiger partial charge < -0.3 is 9.88 Å². The van der Waals surface area contributed by atoms with Crippen LogP contribution in [0.1, 0.15) is 15.4 Å². The molecule has 0 radical (unpaired) electrons. The predicted octanol–water partition coefficient (Wildman–Crippen LogP) is 4.73. The van der Waals surface area contributed by atoms with Crippen LogP contribution in [-0.4, -0.2) is 25.2 Å². The van der Waals surface area contributed by atoms with Crippen LogP contribution in [0.4, 0.5) is 5.69 Å². The molecule has 138 valence electrons. The number of aromatic nitrogens is 4. The van der Waals surface area contributed by atoms with Gasteiger partial charge in [-0.15, -0.1) is 11.3 Å². The average Bonchev–Trinajstić information content (AvgIpc) is 3.29. The van der Waals surface area contributed by atoms with Crippen molar-refractivity contribution in [2.45, 2.75) is 17.0 Å². The van der Waals surface area contributed by atoms with E-state index in [0.717, 1.165) is 26.0 Å². The fraction of sp³-hybridized carbons (Fsp3) is 0.167. The van der Waals surface area contributed by atoms with Crippen LogP contribution in [0.15, 0.2) is 46.7 Å². The molecule has 0 saturated heterocycles. The van der Waals surface area contributed by atoms with Crippen LogP contribution < -0.4 is 5.32 Å². The fourth-order valence-corrected chi connectivity index (χ4v) is 4.80. The maximum Gasteiger partial charge on any atom is 0.265 e. The Morgan fingerprint density at radius 1 is 1.30 bits per heavy atom. The van der Waals surface area contributed by atoms with Gasteiger partial charge in [0, 0.05) is 41.8 Å². The summed E-state index contributed by atoms with van der Waals surface area (Å²) >= 11 is 9.05. The Morgan fingerprint density at radius 3 is 2.81 bits per heavy atom. The molecule has 0 aliphatic carbocycles. The zero-order chi connectivity index (χ0) is 19.1. The molecule has 6 nitrogen and oxygen atoms in total. The van der Waals surface area contributed by atoms with Crippen molar-refractivity contribution in [1.29, 1.82) is 0 Å². The molecule has 0 saturated carbocycles. The first kappa shape index (κ1) is 18.1. The van der Waals surface area contributed by atoms with E-state index in [2.05, 4.69) is 15.4 Å². The number of carbonyl (C=O) groups excluding carboxylic acids is 1. The van der Waals surface area contributed by atoms with Gasteiger partial charge in [-0.25, -0.2) is 4.98 Å². The van der Waals surface area contributed by atoms with Crippen molar-refractivity contribution in [3.63, 3.8) is 0 Å². The summed E-state index contributed by atoms with van der Waals surface area (Å²) in [6.45, 7) is 1.94. The van der Waals surface area contributed by atoms with Crippen molar-refractivity contribution < 1.29 is 4.79 Å². The van der Waals surface area contributed by atoms with E-state index in [1.165, 1.54) is 23.1 Å². The van der Waals surface area contributed by atoms with Gasteiger partial charge in [-0.1, -0.05) is 11.6 Å². The largest absolute Gasteiger partial charge is 0.329 e. The number of imidazole rings is 1. The van der Waals surface area contributed by atoms with E-state index in [-0.39, 0.29) is 5.91 Å². The number of benzene rings is 1. The van der Waals surface area contributed by atoms with Crippen LogP contribution in [0.3, 0.4) is 0 Å². The molecule has 0 spiro atoms. The maximum absolute atomic E-state index is 12.8. The highest BCUT2D eigenvalue weighted by Crippen LogP contribution is 2.35. The van der Waals surface area contributed by atoms with Crippen molar-refractivity contribution in [2.24, 2.45) is 14.1 Å². The second kappa shape index (κ2) is 7.03. The Kier molecular flexibility index (Phi) is 4.71. The average molecular weight is 418 g/mol. The summed E-state index contributed by atoms with van der Waals surface area (Å²) in [6, 6.07) is 7.33. The number of amides is 1. The van der Waals surface area contributed by atoms with E-state index in [1.54, 1.807) is 23.0 Å². The van der Waals surface area contributed by atoms with Crippen LogP contribution in [0, 0.1) is 6.92 Å². The van der Waals surface area contributed by atoms with Crippen molar-refractivity contribution >= 4 is 56.5 Å². The van der Waals surface area contributed by atoms with E-state index in [1.807, 2.05) is 43.9 Å². The van der Waals surface area contributed by atoms with E-state index in [4.69, 9.17) is 11.6 Å². The van der Waals surface area contributed by atoms with Gasteiger partial charge in [0.1, 0.15) is 4.83 Å². The van der Waals surface area contributed by atoms with Gasteiger partial charge >= 0.3 is 0 Å². The molecule has 0 fully saturated rings. The lowest BCUT2D eigenvalue weighted by atomic mass is 10.3. The second-order valence-electron chi connectivity index (χ2n) is 6.06. The number of carbonyl (C=O) groups is 1. The highest BCUT2D eigenvalue weighted by atomic mass is 35.5. The van der Waals surface area contributed by atoms with Gasteiger partial charge in [-0.05, 0) is 43.0 Å². The molecule has 4 rings (SSSR count). The molecule has 3 aromatic heterocycles. The zero-order valence-electron chi connectivity index (χ0n) is 14.9. The highest BCUT2D eigenvalue weighted by Gasteiger charge is 2.17. The summed E-state index contributed by atoms with van der Waals surface area (Å²) in [7, 11) is 3.81. The first-order chi connectivity index (χ1) is 12.9. The lowest BCUT2D eigenvalue weighted by Gasteiger charge is -2.10. The molecule has 0 aliphatic heterocycles. The van der Waals surface area contributed by atoms with E-state index >= 15 is 0 Å². The second-order valence-corrected chi connectivity index (χ2v) is 8.53. The maximum atomic E-state index is 12.8. The van der Waals surface area contributed by atoms with Gasteiger partial charge in [0.25, 0.3) is 5.91 Å². The molecule has 0 aliphatic rings. The number of nitrogens with zero attached hydrogens (tertiary/aromatic N) is 4. The monoisotopic (exact) mass is 417 g/mol. The van der Waals surface area contributed by atoms with Gasteiger partial charge in [0.05, 0.1) is 16.3 Å². The number of fused-ring (bicyclic) bond motifs is 1. The van der Waals surface area contributed by atoms with Gasteiger partial charge in [0.15, 0.2) is 5.16 Å². The van der Waals surface area contributed by atoms with Crippen LogP contribution in [0.5, 0.6) is 0 Å². The number of thiophene rings is 1. The Bertz CT molecular complexity index is 1130. The third-order valence-electron chi connectivity index (χ3n) is 4.09. The van der Waals surface area contributed by atoms with Crippen LogP contribution in [-0.2, 0) is 14.1 Å². The lowest BCUT2D eigenvalue weighted by molar-refractivity contribution is 0.103. The fourth-order valence-electron chi connectivity index (χ4n) is 2.74. The van der Waals surface area contributed by atoms with Crippen molar-refractivity contribution in [2.75, 3.05) is 5.32 Å². The minimum absolute atomic E-state index is 0.167. The summed E-state index contributed by atoms with van der Waals surface area (Å²) in [6.07, 6.45) is 3.62. The van der Waals surface area contributed by atoms with E-state index in [0.29, 0.717) is 15.6 Å². The Morgan fingerprint density at radius 2 is 2.11 bits per heavy atom. The molecule has 3 heterocycles. The normalized spacial score (nSPS) is 11.3. The molecule has 1 amide bonds. The summed E-state index contributed by atoms with van der Waals surface area (Å²) < 4.78 is 3.72. The standard InChI is InChI=1S/C18H16ClN5OS2/c1-10-12-9-15(26-17(12)24(3)22-10)16(25)21-13-8-11(19)4-5-14(13)27-18-20-6-7-23(18)2/h4-9H,1-3H3,(H,21,25). The van der Waals surface area contributed by atoms with Crippen LogP contribution in [0.2, 0.25) is 5.02 Å². The topological polar surface area (TPSA) is 64.7 Å². The summed E-state index contributed by atoms with van der Waals surface area (Å²) in [5.74, 6) is -0.167. The third-order valence-corrected chi connectivity index (χ3v) is 6.68. The first-order valence-corrected chi connectivity index (χ1v) is 10.1. The minimum Gasteiger partial charge on any atom is -0.329 e. The number of aryl methyl sites for hydroxylation is 3. The number of hydrogen-bond donors (Lipinski definition) is 1. The van der Waals surface area contributed by atoms with E-state index < -0.39 is 0 Å². The van der Waals surface area contributed by atoms with Crippen LogP contribution >= 0.6 is 34.7 Å². The molecular formula is C18H16ClN5OS2. The minimum atomic E-state index is -0.167. The number of nitrogens with one attached hydrogen (secondary N) is 1. The van der Waals surface area contributed by atoms with Gasteiger partial charge in [-0.3, -0.25) is 9.48 Å². The number of anilines is 1. The molecule has 0 bridgehead atoms. The lowest BCUT2D eigenvalue weighted by Crippen LogP contribution is -2.11. The highest BCUT2D eigenvalue weighted by molar-refractivity contribution is 7.99. The zero-order valence-corrected chi connectivity index (χ0v) is 17.2. The summed E-state index contributed by atoms with van der Waals surface area (Å²) in [5.41, 5.74) is 1.57. The van der Waals surface area contributed by atoms with Crippen molar-refractivity contribution in [1.82, 2.24) is 19.3 Å². The quantitative estimate of drug-likeness (QED) is 0.521. The SMILES string of the molecule is Cc1nn(C)c2sc(C(=O)Nc3cc(Cl)ccc3Sc3nccn3C)cc12. The number of halogens is 1. The smallest absolute Gasteiger partial charge is 0.265 e. The molecule has 9 heteroatoms. The van der Waals surface area contributed by atoms with Gasteiger partial charge in [0.2, 0.25) is 0 Å². The van der Waals surface area contributed by atoms with E-state index in [9.17, 15) is 4.79 Å². The molecule has 27 heavy (non-hydrogen) atoms. The summed E-state index contributed by atoms with van der Waals surface area (Å²) in [4.78, 5) is 19.6. The molecular weight excluding hydrogens is 402 g/mol. The predicted molar refractivity (Wildman–Crippen MR) is 110 cm³/mol. The molecule has 0 atom stereocenters. The van der Waals surface area contributed by atoms with Gasteiger partial charge in [-0.2, -0.15) is 5.10 Å². The van der Waals surface area contributed by atoms with Crippen LogP contribution in [0.25, 0.3) is 10.2 Å². The Labute approximate surface area is 169 Å². The molecule has 1 N–H and O–H groups in total. The summed E-state index contributed by atoms with van der Waals surface area (Å²) in [5, 5.41) is 9.76. The first-order valence-electron chi connectivity index (χ1n) is 8.11. The van der Waals surface area contributed by atoms with Crippen molar-refractivity contribution in [3.8, 4) is 0 Å². The van der Waals surface area contributed by atoms with Crippen molar-refractivity contribution in [3.05, 3.63) is 52.3 Å². The molecule has 1 aromatic carbocycles.